The second-order valence-corrected chi connectivity index (χ2v) is 6.36. The monoisotopic (exact) mass is 275 g/mol. The zero-order valence-corrected chi connectivity index (χ0v) is 11.7. The Labute approximate surface area is 116 Å². The number of hydrogen-bond donors (Lipinski definition) is 1. The molecule has 1 fully saturated rings. The number of fused-ring (bicyclic) bond motifs is 1. The number of nitrogens with two attached hydrogens (primary N) is 1. The average Bonchev–Trinajstić information content (AvgIpc) is 2.77. The van der Waals surface area contributed by atoms with E-state index in [2.05, 4.69) is 11.1 Å². The molecule has 0 spiro atoms. The van der Waals surface area contributed by atoms with Gasteiger partial charge in [-0.05, 0) is 31.4 Å². The van der Waals surface area contributed by atoms with Gasteiger partial charge in [0.2, 0.25) is 5.91 Å². The maximum absolute atomic E-state index is 12.2. The minimum absolute atomic E-state index is 0.0398. The largest absolute Gasteiger partial charge is 0.337 e. The molecule has 100 valence electrons. The number of amides is 1. The second kappa shape index (κ2) is 4.58. The van der Waals surface area contributed by atoms with Crippen molar-refractivity contribution in [3.8, 4) is 0 Å². The molecule has 0 saturated heterocycles. The van der Waals surface area contributed by atoms with Gasteiger partial charge in [0.05, 0.1) is 22.3 Å². The quantitative estimate of drug-likeness (QED) is 0.933. The molecule has 5 heteroatoms. The first-order chi connectivity index (χ1) is 9.08. The fourth-order valence-electron chi connectivity index (χ4n) is 2.41. The van der Waals surface area contributed by atoms with Crippen LogP contribution in [0, 0.1) is 0 Å². The highest BCUT2D eigenvalue weighted by Gasteiger charge is 2.41. The standard InChI is InChI=1S/C14H17N3OS/c1-17(13(18)14(15)7-4-8-14)9-12-16-10-5-2-3-6-11(10)19-12/h2-3,5-6H,4,7-9,15H2,1H3. The zero-order valence-electron chi connectivity index (χ0n) is 10.9. The Kier molecular flexibility index (Phi) is 3.03. The summed E-state index contributed by atoms with van der Waals surface area (Å²) < 4.78 is 1.16. The van der Waals surface area contributed by atoms with Crippen molar-refractivity contribution in [3.63, 3.8) is 0 Å². The molecule has 1 saturated carbocycles. The Morgan fingerprint density at radius 1 is 1.47 bits per heavy atom. The van der Waals surface area contributed by atoms with Gasteiger partial charge in [-0.25, -0.2) is 4.98 Å². The van der Waals surface area contributed by atoms with Gasteiger partial charge < -0.3 is 10.6 Å². The highest BCUT2D eigenvalue weighted by molar-refractivity contribution is 7.18. The summed E-state index contributed by atoms with van der Waals surface area (Å²) in [5.74, 6) is 0.0398. The molecule has 0 atom stereocenters. The average molecular weight is 275 g/mol. The van der Waals surface area contributed by atoms with Crippen LogP contribution in [0.3, 0.4) is 0 Å². The summed E-state index contributed by atoms with van der Waals surface area (Å²) in [5.41, 5.74) is 6.44. The summed E-state index contributed by atoms with van der Waals surface area (Å²) >= 11 is 1.63. The van der Waals surface area contributed by atoms with Gasteiger partial charge in [-0.1, -0.05) is 12.1 Å². The number of benzene rings is 1. The highest BCUT2D eigenvalue weighted by Crippen LogP contribution is 2.31. The SMILES string of the molecule is CN(Cc1nc2ccccc2s1)C(=O)C1(N)CCC1. The smallest absolute Gasteiger partial charge is 0.242 e. The van der Waals surface area contributed by atoms with E-state index in [0.717, 1.165) is 34.5 Å². The van der Waals surface area contributed by atoms with E-state index in [1.54, 1.807) is 23.3 Å². The summed E-state index contributed by atoms with van der Waals surface area (Å²) in [5, 5.41) is 0.958. The van der Waals surface area contributed by atoms with Gasteiger partial charge in [0.1, 0.15) is 5.01 Å². The van der Waals surface area contributed by atoms with Crippen LogP contribution in [-0.2, 0) is 11.3 Å². The molecule has 3 rings (SSSR count). The molecule has 0 bridgehead atoms. The van der Waals surface area contributed by atoms with E-state index < -0.39 is 5.54 Å². The minimum Gasteiger partial charge on any atom is -0.337 e. The molecule has 4 nitrogen and oxygen atoms in total. The molecule has 0 aliphatic heterocycles. The van der Waals surface area contributed by atoms with E-state index >= 15 is 0 Å². The van der Waals surface area contributed by atoms with Gasteiger partial charge in [-0.15, -0.1) is 11.3 Å². The molecule has 1 aromatic heterocycles. The number of nitrogens with zero attached hydrogens (tertiary/aromatic N) is 2. The molecule has 1 heterocycles. The van der Waals surface area contributed by atoms with Crippen LogP contribution < -0.4 is 5.73 Å². The maximum atomic E-state index is 12.2. The van der Waals surface area contributed by atoms with Gasteiger partial charge in [-0.2, -0.15) is 0 Å². The third kappa shape index (κ3) is 2.24. The van der Waals surface area contributed by atoms with Crippen molar-refractivity contribution < 1.29 is 4.79 Å². The lowest BCUT2D eigenvalue weighted by atomic mass is 9.77. The number of thiazole rings is 1. The van der Waals surface area contributed by atoms with Crippen molar-refractivity contribution in [2.24, 2.45) is 5.73 Å². The van der Waals surface area contributed by atoms with E-state index in [9.17, 15) is 4.79 Å². The molecule has 1 amide bonds. The summed E-state index contributed by atoms with van der Waals surface area (Å²) in [6, 6.07) is 8.02. The van der Waals surface area contributed by atoms with Crippen LogP contribution >= 0.6 is 11.3 Å². The molecule has 2 N–H and O–H groups in total. The lowest BCUT2D eigenvalue weighted by molar-refractivity contribution is -0.139. The van der Waals surface area contributed by atoms with Gasteiger partial charge in [0.15, 0.2) is 0 Å². The van der Waals surface area contributed by atoms with Crippen LogP contribution in [0.15, 0.2) is 24.3 Å². The number of aromatic nitrogens is 1. The lowest BCUT2D eigenvalue weighted by Gasteiger charge is -2.39. The predicted molar refractivity (Wildman–Crippen MR) is 76.9 cm³/mol. The topological polar surface area (TPSA) is 59.2 Å². The number of para-hydroxylation sites is 1. The first-order valence-electron chi connectivity index (χ1n) is 6.47. The Morgan fingerprint density at radius 2 is 2.21 bits per heavy atom. The number of rotatable bonds is 3. The molecular weight excluding hydrogens is 258 g/mol. The number of likely N-dealkylation sites (N-methyl/N-ethyl adjacent to an activating group) is 1. The van der Waals surface area contributed by atoms with E-state index in [1.165, 1.54) is 0 Å². The van der Waals surface area contributed by atoms with Crippen molar-refractivity contribution >= 4 is 27.5 Å². The van der Waals surface area contributed by atoms with Crippen LogP contribution in [-0.4, -0.2) is 28.4 Å². The molecule has 0 unspecified atom stereocenters. The van der Waals surface area contributed by atoms with Gasteiger partial charge >= 0.3 is 0 Å². The van der Waals surface area contributed by atoms with Gasteiger partial charge in [0.25, 0.3) is 0 Å². The number of carbonyl (C=O) groups is 1. The summed E-state index contributed by atoms with van der Waals surface area (Å²) in [6.45, 7) is 0.539. The fraction of sp³-hybridized carbons (Fsp3) is 0.429. The first kappa shape index (κ1) is 12.6. The van der Waals surface area contributed by atoms with Crippen molar-refractivity contribution in [2.45, 2.75) is 31.3 Å². The molecule has 19 heavy (non-hydrogen) atoms. The molecule has 1 aliphatic rings. The fourth-order valence-corrected chi connectivity index (χ4v) is 3.43. The Bertz CT molecular complexity index is 585. The third-order valence-electron chi connectivity index (χ3n) is 3.73. The zero-order chi connectivity index (χ0) is 13.5. The van der Waals surface area contributed by atoms with Crippen molar-refractivity contribution in [3.05, 3.63) is 29.3 Å². The molecule has 1 aromatic carbocycles. The van der Waals surface area contributed by atoms with Crippen LogP contribution in [0.4, 0.5) is 0 Å². The number of hydrogen-bond acceptors (Lipinski definition) is 4. The second-order valence-electron chi connectivity index (χ2n) is 5.25. The lowest BCUT2D eigenvalue weighted by Crippen LogP contribution is -2.58. The molecule has 2 aromatic rings. The third-order valence-corrected chi connectivity index (χ3v) is 4.75. The number of carbonyl (C=O) groups excluding carboxylic acids is 1. The molecular formula is C14H17N3OS. The van der Waals surface area contributed by atoms with Gasteiger partial charge in [-0.3, -0.25) is 4.79 Å². The van der Waals surface area contributed by atoms with Crippen LogP contribution in [0.25, 0.3) is 10.2 Å². The van der Waals surface area contributed by atoms with Crippen molar-refractivity contribution in [2.75, 3.05) is 7.05 Å². The normalized spacial score (nSPS) is 17.2. The molecule has 1 aliphatic carbocycles. The Balaban J connectivity index is 1.75. The Morgan fingerprint density at radius 3 is 2.84 bits per heavy atom. The summed E-state index contributed by atoms with van der Waals surface area (Å²) in [7, 11) is 1.81. The predicted octanol–water partition coefficient (Wildman–Crippen LogP) is 2.14. The van der Waals surface area contributed by atoms with E-state index in [1.807, 2.05) is 18.2 Å². The van der Waals surface area contributed by atoms with Crippen LogP contribution in [0.1, 0.15) is 24.3 Å². The van der Waals surface area contributed by atoms with Gasteiger partial charge in [0, 0.05) is 7.05 Å². The Hall–Kier alpha value is -1.46. The van der Waals surface area contributed by atoms with Crippen molar-refractivity contribution in [1.29, 1.82) is 0 Å². The van der Waals surface area contributed by atoms with Crippen molar-refractivity contribution in [1.82, 2.24) is 9.88 Å². The highest BCUT2D eigenvalue weighted by atomic mass is 32.1. The van der Waals surface area contributed by atoms with E-state index in [-0.39, 0.29) is 5.91 Å². The molecule has 0 radical (unpaired) electrons. The van der Waals surface area contributed by atoms with Crippen LogP contribution in [0.2, 0.25) is 0 Å². The minimum atomic E-state index is -0.620. The van der Waals surface area contributed by atoms with Crippen LogP contribution in [0.5, 0.6) is 0 Å². The first-order valence-corrected chi connectivity index (χ1v) is 7.29. The summed E-state index contributed by atoms with van der Waals surface area (Å²) in [6.07, 6.45) is 2.66. The van der Waals surface area contributed by atoms with E-state index in [0.29, 0.717) is 6.54 Å². The summed E-state index contributed by atoms with van der Waals surface area (Å²) in [4.78, 5) is 18.5. The van der Waals surface area contributed by atoms with E-state index in [4.69, 9.17) is 5.73 Å². The maximum Gasteiger partial charge on any atom is 0.242 e.